The molecule has 4 nitrogen and oxygen atoms in total. The van der Waals surface area contributed by atoms with Crippen molar-refractivity contribution in [3.63, 3.8) is 0 Å². The van der Waals surface area contributed by atoms with Crippen LogP contribution in [0.5, 0.6) is 0 Å². The Hall–Kier alpha value is -0.610. The zero-order valence-corrected chi connectivity index (χ0v) is 12.7. The highest BCUT2D eigenvalue weighted by atomic mass is 16.5. The molecule has 3 atom stereocenters. The number of unbranched alkanes of at least 4 members (excludes halogenated alkanes) is 3. The van der Waals surface area contributed by atoms with E-state index in [2.05, 4.69) is 19.2 Å². The van der Waals surface area contributed by atoms with Crippen molar-refractivity contribution in [2.45, 2.75) is 83.0 Å². The highest BCUT2D eigenvalue weighted by Gasteiger charge is 2.43. The van der Waals surface area contributed by atoms with Crippen LogP contribution in [0, 0.1) is 0 Å². The molecule has 112 valence electrons. The van der Waals surface area contributed by atoms with Crippen molar-refractivity contribution in [2.75, 3.05) is 7.05 Å². The minimum absolute atomic E-state index is 0.168. The fourth-order valence-electron chi connectivity index (χ4n) is 2.95. The van der Waals surface area contributed by atoms with Crippen LogP contribution in [0.25, 0.3) is 0 Å². The van der Waals surface area contributed by atoms with Crippen LogP contribution in [-0.2, 0) is 9.53 Å². The molecule has 1 aliphatic rings. The molecule has 0 heterocycles. The maximum atomic E-state index is 11.5. The summed E-state index contributed by atoms with van der Waals surface area (Å²) >= 11 is 0. The Kier molecular flexibility index (Phi) is 6.80. The number of ether oxygens (including phenoxy) is 1. The zero-order chi connectivity index (χ0) is 14.3. The first-order valence-corrected chi connectivity index (χ1v) is 7.68. The summed E-state index contributed by atoms with van der Waals surface area (Å²) < 4.78 is 6.05. The van der Waals surface area contributed by atoms with Crippen LogP contribution in [0.1, 0.15) is 65.2 Å². The van der Waals surface area contributed by atoms with E-state index in [-0.39, 0.29) is 18.1 Å². The van der Waals surface area contributed by atoms with Crippen molar-refractivity contribution in [2.24, 2.45) is 5.73 Å². The fraction of sp³-hybridized carbons (Fsp3) is 0.933. The Balaban J connectivity index is 2.29. The van der Waals surface area contributed by atoms with E-state index in [4.69, 9.17) is 10.5 Å². The molecular formula is C15H30N2O2. The quantitative estimate of drug-likeness (QED) is 0.632. The third kappa shape index (κ3) is 4.77. The van der Waals surface area contributed by atoms with E-state index in [1.807, 2.05) is 0 Å². The van der Waals surface area contributed by atoms with E-state index in [9.17, 15) is 4.79 Å². The van der Waals surface area contributed by atoms with Crippen molar-refractivity contribution in [3.05, 3.63) is 0 Å². The molecule has 0 saturated heterocycles. The van der Waals surface area contributed by atoms with Crippen LogP contribution in [-0.4, -0.2) is 30.7 Å². The molecule has 1 aliphatic carbocycles. The molecule has 19 heavy (non-hydrogen) atoms. The molecule has 0 aromatic rings. The molecule has 0 radical (unpaired) electrons. The third-order valence-electron chi connectivity index (χ3n) is 4.31. The Morgan fingerprint density at radius 1 is 1.47 bits per heavy atom. The van der Waals surface area contributed by atoms with E-state index >= 15 is 0 Å². The minimum Gasteiger partial charge on any atom is -0.375 e. The average Bonchev–Trinajstić information content (AvgIpc) is 2.79. The summed E-state index contributed by atoms with van der Waals surface area (Å²) in [4.78, 5) is 11.5. The predicted molar refractivity (Wildman–Crippen MR) is 77.9 cm³/mol. The second kappa shape index (κ2) is 7.85. The lowest BCUT2D eigenvalue weighted by Crippen LogP contribution is -2.52. The molecule has 0 aromatic heterocycles. The van der Waals surface area contributed by atoms with Crippen molar-refractivity contribution in [1.82, 2.24) is 5.32 Å². The van der Waals surface area contributed by atoms with E-state index < -0.39 is 5.54 Å². The van der Waals surface area contributed by atoms with E-state index in [1.165, 1.54) is 25.7 Å². The molecule has 0 bridgehead atoms. The van der Waals surface area contributed by atoms with Gasteiger partial charge in [-0.15, -0.1) is 0 Å². The number of rotatable bonds is 9. The number of hydrogen-bond donors (Lipinski definition) is 2. The number of amides is 1. The standard InChI is InChI=1S/C15H30N2O2/c1-4-5-6-7-8-12(2)19-13-9-10-15(11-13,17-3)14(16)18/h12-13,17H,4-11H2,1-3H3,(H2,16,18). The molecule has 0 aromatic carbocycles. The lowest BCUT2D eigenvalue weighted by Gasteiger charge is -2.25. The Morgan fingerprint density at radius 2 is 2.21 bits per heavy atom. The molecule has 1 saturated carbocycles. The highest BCUT2D eigenvalue weighted by molar-refractivity contribution is 5.85. The van der Waals surface area contributed by atoms with Crippen molar-refractivity contribution < 1.29 is 9.53 Å². The molecule has 3 N–H and O–H groups in total. The van der Waals surface area contributed by atoms with Gasteiger partial charge >= 0.3 is 0 Å². The molecule has 1 amide bonds. The molecule has 0 aliphatic heterocycles. The van der Waals surface area contributed by atoms with Gasteiger partial charge in [0.2, 0.25) is 5.91 Å². The predicted octanol–water partition coefficient (Wildman–Crippen LogP) is 2.36. The van der Waals surface area contributed by atoms with Gasteiger partial charge in [-0.25, -0.2) is 0 Å². The fourth-order valence-corrected chi connectivity index (χ4v) is 2.95. The summed E-state index contributed by atoms with van der Waals surface area (Å²) in [5.41, 5.74) is 4.94. The summed E-state index contributed by atoms with van der Waals surface area (Å²) in [6.07, 6.45) is 9.06. The van der Waals surface area contributed by atoms with Gasteiger partial charge in [-0.3, -0.25) is 4.79 Å². The summed E-state index contributed by atoms with van der Waals surface area (Å²) in [6, 6.07) is 0. The molecule has 0 spiro atoms. The molecule has 3 unspecified atom stereocenters. The number of likely N-dealkylation sites (N-methyl/N-ethyl adjacent to an activating group) is 1. The molecule has 1 rings (SSSR count). The van der Waals surface area contributed by atoms with Crippen LogP contribution in [0.3, 0.4) is 0 Å². The number of carbonyl (C=O) groups is 1. The number of primary amides is 1. The largest absolute Gasteiger partial charge is 0.375 e. The van der Waals surface area contributed by atoms with Gasteiger partial charge in [0.15, 0.2) is 0 Å². The van der Waals surface area contributed by atoms with Crippen LogP contribution >= 0.6 is 0 Å². The monoisotopic (exact) mass is 270 g/mol. The van der Waals surface area contributed by atoms with Crippen LogP contribution in [0.15, 0.2) is 0 Å². The maximum absolute atomic E-state index is 11.5. The van der Waals surface area contributed by atoms with E-state index in [0.29, 0.717) is 6.42 Å². The van der Waals surface area contributed by atoms with Gasteiger partial charge in [0, 0.05) is 6.42 Å². The second-order valence-electron chi connectivity index (χ2n) is 5.86. The summed E-state index contributed by atoms with van der Waals surface area (Å²) in [5.74, 6) is -0.253. The first-order chi connectivity index (χ1) is 9.04. The lowest BCUT2D eigenvalue weighted by atomic mass is 9.97. The van der Waals surface area contributed by atoms with Gasteiger partial charge in [-0.05, 0) is 33.2 Å². The van der Waals surface area contributed by atoms with Crippen LogP contribution in [0.2, 0.25) is 0 Å². The lowest BCUT2D eigenvalue weighted by molar-refractivity contribution is -0.124. The van der Waals surface area contributed by atoms with Crippen LogP contribution < -0.4 is 11.1 Å². The van der Waals surface area contributed by atoms with Crippen molar-refractivity contribution in [3.8, 4) is 0 Å². The molecule has 1 fully saturated rings. The topological polar surface area (TPSA) is 64.3 Å². The third-order valence-corrected chi connectivity index (χ3v) is 4.31. The zero-order valence-electron chi connectivity index (χ0n) is 12.7. The first kappa shape index (κ1) is 16.4. The van der Waals surface area contributed by atoms with Gasteiger partial charge in [0.25, 0.3) is 0 Å². The van der Waals surface area contributed by atoms with E-state index in [1.54, 1.807) is 7.05 Å². The van der Waals surface area contributed by atoms with E-state index in [0.717, 1.165) is 19.3 Å². The number of nitrogens with one attached hydrogen (secondary N) is 1. The van der Waals surface area contributed by atoms with Crippen LogP contribution in [0.4, 0.5) is 0 Å². The Bertz CT molecular complexity index is 283. The average molecular weight is 270 g/mol. The first-order valence-electron chi connectivity index (χ1n) is 7.68. The molecular weight excluding hydrogens is 240 g/mol. The smallest absolute Gasteiger partial charge is 0.237 e. The summed E-state index contributed by atoms with van der Waals surface area (Å²) in [5, 5.41) is 3.09. The highest BCUT2D eigenvalue weighted by Crippen LogP contribution is 2.32. The van der Waals surface area contributed by atoms with Gasteiger partial charge in [-0.2, -0.15) is 0 Å². The van der Waals surface area contributed by atoms with Gasteiger partial charge < -0.3 is 15.8 Å². The van der Waals surface area contributed by atoms with Gasteiger partial charge in [-0.1, -0.05) is 32.6 Å². The summed E-state index contributed by atoms with van der Waals surface area (Å²) in [6.45, 7) is 4.36. The number of hydrogen-bond acceptors (Lipinski definition) is 3. The Morgan fingerprint density at radius 3 is 2.74 bits per heavy atom. The van der Waals surface area contributed by atoms with Crippen molar-refractivity contribution >= 4 is 5.91 Å². The number of nitrogens with two attached hydrogens (primary N) is 1. The van der Waals surface area contributed by atoms with Gasteiger partial charge in [0.1, 0.15) is 0 Å². The number of carbonyl (C=O) groups excluding carboxylic acids is 1. The minimum atomic E-state index is -0.549. The van der Waals surface area contributed by atoms with Gasteiger partial charge in [0.05, 0.1) is 17.7 Å². The Labute approximate surface area is 117 Å². The second-order valence-corrected chi connectivity index (χ2v) is 5.86. The maximum Gasteiger partial charge on any atom is 0.237 e. The van der Waals surface area contributed by atoms with Crippen molar-refractivity contribution in [1.29, 1.82) is 0 Å². The normalized spacial score (nSPS) is 28.5. The molecule has 4 heteroatoms. The summed E-state index contributed by atoms with van der Waals surface area (Å²) in [7, 11) is 1.81. The SMILES string of the molecule is CCCCCCC(C)OC1CCC(NC)(C(N)=O)C1.